The Morgan fingerprint density at radius 2 is 1.54 bits per heavy atom. The third-order valence-corrected chi connectivity index (χ3v) is 6.26. The summed E-state index contributed by atoms with van der Waals surface area (Å²) >= 11 is 16.1. The Morgan fingerprint density at radius 1 is 0.919 bits per heavy atom. The lowest BCUT2D eigenvalue weighted by Gasteiger charge is -2.26. The zero-order valence-corrected chi connectivity index (χ0v) is 22.4. The maximum absolute atomic E-state index is 13.1. The molecule has 0 atom stereocenters. The number of benzene rings is 3. The van der Waals surface area contributed by atoms with Gasteiger partial charge >= 0.3 is 6.03 Å². The zero-order chi connectivity index (χ0) is 26.5. The molecule has 0 spiro atoms. The lowest BCUT2D eigenvalue weighted by atomic mass is 10.1. The summed E-state index contributed by atoms with van der Waals surface area (Å²) in [6, 6.07) is 15.9. The zero-order valence-electron chi connectivity index (χ0n) is 19.3. The Kier molecular flexibility index (Phi) is 8.38. The number of methoxy groups -OCH3 is 1. The number of hydrogen-bond donors (Lipinski definition) is 1. The Balaban J connectivity index is 1.49. The van der Waals surface area contributed by atoms with Crippen LogP contribution in [0, 0.1) is 0 Å². The van der Waals surface area contributed by atoms with Crippen molar-refractivity contribution in [3.63, 3.8) is 0 Å². The fourth-order valence-electron chi connectivity index (χ4n) is 3.48. The van der Waals surface area contributed by atoms with Crippen LogP contribution in [0.25, 0.3) is 6.08 Å². The Labute approximate surface area is 230 Å². The molecule has 0 radical (unpaired) electrons. The molecule has 1 aliphatic rings. The first-order valence-corrected chi connectivity index (χ1v) is 12.4. The molecular weight excluding hydrogens is 587 g/mol. The maximum Gasteiger partial charge on any atom is 0.335 e. The SMILES string of the molecule is COc1ccccc1OCCOc1c(Cl)cc(/C=C2/C(=O)NC(=O)N(c3ccc(Br)cc3)C2=O)cc1Cl. The first-order chi connectivity index (χ1) is 17.8. The molecule has 3 aromatic rings. The molecule has 4 rings (SSSR count). The number of imide groups is 2. The normalized spacial score (nSPS) is 14.5. The standard InChI is InChI=1S/C26H19BrCl2N2O6/c1-35-21-4-2-3-5-22(21)36-10-11-37-23-19(28)13-15(14-20(23)29)12-18-24(32)30-26(34)31(25(18)33)17-8-6-16(27)7-9-17/h2-9,12-14H,10-11H2,1H3,(H,30,32,34)/b18-12-. The van der Waals surface area contributed by atoms with Gasteiger partial charge in [-0.25, -0.2) is 9.69 Å². The average Bonchev–Trinajstić information content (AvgIpc) is 2.87. The Morgan fingerprint density at radius 3 is 2.19 bits per heavy atom. The fourth-order valence-corrected chi connectivity index (χ4v) is 4.36. The van der Waals surface area contributed by atoms with E-state index in [0.717, 1.165) is 9.37 Å². The van der Waals surface area contributed by atoms with Crippen molar-refractivity contribution in [1.82, 2.24) is 5.32 Å². The number of nitrogens with one attached hydrogen (secondary N) is 1. The van der Waals surface area contributed by atoms with Gasteiger partial charge in [0.2, 0.25) is 0 Å². The number of carbonyl (C=O) groups is 3. The summed E-state index contributed by atoms with van der Waals surface area (Å²) < 4.78 is 17.4. The molecule has 3 aromatic carbocycles. The third-order valence-electron chi connectivity index (χ3n) is 5.17. The van der Waals surface area contributed by atoms with E-state index in [2.05, 4.69) is 21.2 Å². The second-order valence-corrected chi connectivity index (χ2v) is 9.33. The lowest BCUT2D eigenvalue weighted by molar-refractivity contribution is -0.122. The highest BCUT2D eigenvalue weighted by molar-refractivity contribution is 9.10. The van der Waals surface area contributed by atoms with Gasteiger partial charge < -0.3 is 14.2 Å². The number of para-hydroxylation sites is 2. The monoisotopic (exact) mass is 604 g/mol. The number of barbiturate groups is 1. The van der Waals surface area contributed by atoms with Gasteiger partial charge in [-0.05, 0) is 60.2 Å². The first-order valence-electron chi connectivity index (χ1n) is 10.8. The first kappa shape index (κ1) is 26.5. The summed E-state index contributed by atoms with van der Waals surface area (Å²) in [5.74, 6) is -0.224. The van der Waals surface area contributed by atoms with E-state index < -0.39 is 17.8 Å². The van der Waals surface area contributed by atoms with Gasteiger partial charge in [0.25, 0.3) is 11.8 Å². The molecule has 8 nitrogen and oxygen atoms in total. The van der Waals surface area contributed by atoms with Gasteiger partial charge in [0.15, 0.2) is 17.2 Å². The number of halogens is 3. The summed E-state index contributed by atoms with van der Waals surface area (Å²) in [5, 5.41) is 2.51. The number of nitrogens with zero attached hydrogens (tertiary/aromatic N) is 1. The fraction of sp³-hybridized carbons (Fsp3) is 0.115. The number of amides is 4. The van der Waals surface area contributed by atoms with Gasteiger partial charge in [-0.3, -0.25) is 14.9 Å². The quantitative estimate of drug-likeness (QED) is 0.195. The van der Waals surface area contributed by atoms with E-state index in [1.807, 2.05) is 12.1 Å². The maximum atomic E-state index is 13.1. The third kappa shape index (κ3) is 6.07. The predicted octanol–water partition coefficient (Wildman–Crippen LogP) is 5.89. The molecule has 1 heterocycles. The number of anilines is 1. The van der Waals surface area contributed by atoms with E-state index in [4.69, 9.17) is 37.4 Å². The van der Waals surface area contributed by atoms with Gasteiger partial charge in [0.1, 0.15) is 18.8 Å². The van der Waals surface area contributed by atoms with Crippen LogP contribution < -0.4 is 24.4 Å². The van der Waals surface area contributed by atoms with Crippen LogP contribution >= 0.6 is 39.1 Å². The number of urea groups is 1. The van der Waals surface area contributed by atoms with Crippen LogP contribution in [0.3, 0.4) is 0 Å². The van der Waals surface area contributed by atoms with Crippen molar-refractivity contribution in [2.75, 3.05) is 25.2 Å². The van der Waals surface area contributed by atoms with Gasteiger partial charge in [-0.1, -0.05) is 51.3 Å². The Hall–Kier alpha value is -3.53. The number of hydrogen-bond acceptors (Lipinski definition) is 6. The topological polar surface area (TPSA) is 94.2 Å². The van der Waals surface area contributed by atoms with E-state index >= 15 is 0 Å². The summed E-state index contributed by atoms with van der Waals surface area (Å²) in [6.07, 6.45) is 1.31. The van der Waals surface area contributed by atoms with Crippen molar-refractivity contribution in [3.05, 3.63) is 86.3 Å². The second-order valence-electron chi connectivity index (χ2n) is 7.60. The molecule has 0 aliphatic carbocycles. The second kappa shape index (κ2) is 11.7. The molecule has 37 heavy (non-hydrogen) atoms. The van der Waals surface area contributed by atoms with Gasteiger partial charge in [-0.2, -0.15) is 0 Å². The summed E-state index contributed by atoms with van der Waals surface area (Å²) in [4.78, 5) is 38.8. The summed E-state index contributed by atoms with van der Waals surface area (Å²) in [5.41, 5.74) is 0.420. The Bertz CT molecular complexity index is 1370. The molecular formula is C26H19BrCl2N2O6. The van der Waals surface area contributed by atoms with Crippen LogP contribution in [0.2, 0.25) is 10.0 Å². The van der Waals surface area contributed by atoms with Crippen LogP contribution in [0.15, 0.2) is 70.7 Å². The largest absolute Gasteiger partial charge is 0.493 e. The van der Waals surface area contributed by atoms with Crippen molar-refractivity contribution in [1.29, 1.82) is 0 Å². The minimum absolute atomic E-state index is 0.142. The highest BCUT2D eigenvalue weighted by Gasteiger charge is 2.36. The molecule has 190 valence electrons. The summed E-state index contributed by atoms with van der Waals surface area (Å²) in [6.45, 7) is 0.344. The molecule has 0 saturated carbocycles. The average molecular weight is 606 g/mol. The highest BCUT2D eigenvalue weighted by Crippen LogP contribution is 2.35. The minimum Gasteiger partial charge on any atom is -0.493 e. The molecule has 1 aliphatic heterocycles. The highest BCUT2D eigenvalue weighted by atomic mass is 79.9. The number of rotatable bonds is 8. The van der Waals surface area contributed by atoms with E-state index in [1.165, 1.54) is 18.2 Å². The van der Waals surface area contributed by atoms with E-state index in [0.29, 0.717) is 22.7 Å². The van der Waals surface area contributed by atoms with Crippen molar-refractivity contribution in [3.8, 4) is 17.2 Å². The molecule has 1 N–H and O–H groups in total. The molecule has 0 unspecified atom stereocenters. The number of ether oxygens (including phenoxy) is 3. The van der Waals surface area contributed by atoms with E-state index in [1.54, 1.807) is 43.5 Å². The molecule has 1 saturated heterocycles. The van der Waals surface area contributed by atoms with E-state index in [-0.39, 0.29) is 34.6 Å². The van der Waals surface area contributed by atoms with Crippen molar-refractivity contribution < 1.29 is 28.6 Å². The van der Waals surface area contributed by atoms with E-state index in [9.17, 15) is 14.4 Å². The molecule has 1 fully saturated rings. The van der Waals surface area contributed by atoms with Gasteiger partial charge in [-0.15, -0.1) is 0 Å². The minimum atomic E-state index is -0.843. The van der Waals surface area contributed by atoms with Gasteiger partial charge in [0, 0.05) is 4.47 Å². The van der Waals surface area contributed by atoms with Gasteiger partial charge in [0.05, 0.1) is 22.8 Å². The van der Waals surface area contributed by atoms with Crippen LogP contribution in [-0.4, -0.2) is 38.2 Å². The van der Waals surface area contributed by atoms with Crippen molar-refractivity contribution in [2.24, 2.45) is 0 Å². The molecule has 0 bridgehead atoms. The lowest BCUT2D eigenvalue weighted by Crippen LogP contribution is -2.54. The molecule has 11 heteroatoms. The van der Waals surface area contributed by atoms with Crippen LogP contribution in [0.5, 0.6) is 17.2 Å². The molecule has 0 aromatic heterocycles. The van der Waals surface area contributed by atoms with Crippen molar-refractivity contribution in [2.45, 2.75) is 0 Å². The number of carbonyl (C=O) groups excluding carboxylic acids is 3. The summed E-state index contributed by atoms with van der Waals surface area (Å²) in [7, 11) is 1.55. The van der Waals surface area contributed by atoms with Crippen LogP contribution in [-0.2, 0) is 9.59 Å². The van der Waals surface area contributed by atoms with Crippen LogP contribution in [0.1, 0.15) is 5.56 Å². The van der Waals surface area contributed by atoms with Crippen LogP contribution in [0.4, 0.5) is 10.5 Å². The predicted molar refractivity (Wildman–Crippen MR) is 144 cm³/mol. The smallest absolute Gasteiger partial charge is 0.335 e. The molecule has 4 amide bonds. The van der Waals surface area contributed by atoms with Crippen molar-refractivity contribution >= 4 is 68.7 Å².